The minimum Gasteiger partial charge on any atom is -0.450 e. The lowest BCUT2D eigenvalue weighted by atomic mass is 9.97. The number of amides is 1. The number of piperidine rings is 1. The maximum atomic E-state index is 11.9. The lowest BCUT2D eigenvalue weighted by Crippen LogP contribution is -2.54. The smallest absolute Gasteiger partial charge is 0.409 e. The topological polar surface area (TPSA) is 86.4 Å². The molecule has 168 valence electrons. The maximum Gasteiger partial charge on any atom is 0.409 e. The molecule has 2 aliphatic rings. The number of hydrogen-bond donors (Lipinski definition) is 1. The van der Waals surface area contributed by atoms with Gasteiger partial charge in [0.2, 0.25) is 5.89 Å². The summed E-state index contributed by atoms with van der Waals surface area (Å²) in [5, 5.41) is 3.55. The molecule has 9 heteroatoms. The number of aryl methyl sites for hydroxylation is 2. The SMILES string of the molecule is CCOC(=O)N1CCN(C(=NC)NCC2CCN(Cc3nc(C)c(C)o3)CC2)CC1. The van der Waals surface area contributed by atoms with Gasteiger partial charge in [0.1, 0.15) is 5.76 Å². The van der Waals surface area contributed by atoms with E-state index >= 15 is 0 Å². The third-order valence-corrected chi connectivity index (χ3v) is 6.00. The summed E-state index contributed by atoms with van der Waals surface area (Å²) in [6.07, 6.45) is 2.08. The molecular formula is C21H36N6O3. The fraction of sp³-hybridized carbons (Fsp3) is 0.762. The molecule has 0 atom stereocenters. The number of nitrogens with zero attached hydrogens (tertiary/aromatic N) is 5. The number of rotatable bonds is 5. The van der Waals surface area contributed by atoms with Crippen LogP contribution in [0.4, 0.5) is 4.79 Å². The van der Waals surface area contributed by atoms with Crippen LogP contribution >= 0.6 is 0 Å². The van der Waals surface area contributed by atoms with E-state index in [0.29, 0.717) is 25.6 Å². The molecule has 0 spiro atoms. The number of piperazine rings is 1. The highest BCUT2D eigenvalue weighted by molar-refractivity contribution is 5.80. The van der Waals surface area contributed by atoms with Crippen molar-refractivity contribution < 1.29 is 13.9 Å². The molecule has 3 heterocycles. The summed E-state index contributed by atoms with van der Waals surface area (Å²) < 4.78 is 10.8. The van der Waals surface area contributed by atoms with Crippen LogP contribution in [0.15, 0.2) is 9.41 Å². The Morgan fingerprint density at radius 1 is 1.17 bits per heavy atom. The molecule has 1 N–H and O–H groups in total. The summed E-state index contributed by atoms with van der Waals surface area (Å²) >= 11 is 0. The van der Waals surface area contributed by atoms with Crippen LogP contribution in [0.25, 0.3) is 0 Å². The quantitative estimate of drug-likeness (QED) is 0.575. The first-order chi connectivity index (χ1) is 14.5. The van der Waals surface area contributed by atoms with Crippen LogP contribution in [0.3, 0.4) is 0 Å². The number of oxazole rings is 1. The van der Waals surface area contributed by atoms with E-state index in [1.165, 1.54) is 0 Å². The zero-order valence-corrected chi connectivity index (χ0v) is 18.8. The summed E-state index contributed by atoms with van der Waals surface area (Å²) in [5.41, 5.74) is 0.985. The van der Waals surface area contributed by atoms with Gasteiger partial charge in [-0.15, -0.1) is 0 Å². The molecule has 0 aliphatic carbocycles. The van der Waals surface area contributed by atoms with E-state index in [1.54, 1.807) is 4.90 Å². The molecule has 0 bridgehead atoms. The Balaban J connectivity index is 1.37. The maximum absolute atomic E-state index is 11.9. The molecule has 1 aromatic heterocycles. The molecule has 9 nitrogen and oxygen atoms in total. The zero-order valence-electron chi connectivity index (χ0n) is 18.8. The Morgan fingerprint density at radius 2 is 1.83 bits per heavy atom. The zero-order chi connectivity index (χ0) is 21.5. The monoisotopic (exact) mass is 420 g/mol. The first-order valence-corrected chi connectivity index (χ1v) is 11.0. The highest BCUT2D eigenvalue weighted by atomic mass is 16.6. The van der Waals surface area contributed by atoms with Gasteiger partial charge < -0.3 is 24.3 Å². The van der Waals surface area contributed by atoms with Crippen LogP contribution in [0.1, 0.15) is 37.1 Å². The number of aromatic nitrogens is 1. The van der Waals surface area contributed by atoms with E-state index < -0.39 is 0 Å². The minimum atomic E-state index is -0.220. The Morgan fingerprint density at radius 3 is 2.40 bits per heavy atom. The van der Waals surface area contributed by atoms with Crippen molar-refractivity contribution in [1.82, 2.24) is 25.0 Å². The number of carbonyl (C=O) groups is 1. The van der Waals surface area contributed by atoms with E-state index in [2.05, 4.69) is 25.1 Å². The molecule has 0 unspecified atom stereocenters. The van der Waals surface area contributed by atoms with Crippen LogP contribution in [0, 0.1) is 19.8 Å². The molecular weight excluding hydrogens is 384 g/mol. The van der Waals surface area contributed by atoms with Gasteiger partial charge >= 0.3 is 6.09 Å². The van der Waals surface area contributed by atoms with Gasteiger partial charge in [-0.25, -0.2) is 9.78 Å². The second kappa shape index (κ2) is 10.7. The number of nitrogens with one attached hydrogen (secondary N) is 1. The first-order valence-electron chi connectivity index (χ1n) is 11.0. The molecule has 0 aromatic carbocycles. The third kappa shape index (κ3) is 5.87. The average molecular weight is 421 g/mol. The number of guanidine groups is 1. The fourth-order valence-corrected chi connectivity index (χ4v) is 4.03. The summed E-state index contributed by atoms with van der Waals surface area (Å²) in [7, 11) is 1.82. The standard InChI is InChI=1S/C21H36N6O3/c1-5-29-21(28)27-12-10-26(11-13-27)20(22-4)23-14-18-6-8-25(9-7-18)15-19-24-16(2)17(3)30-19/h18H,5-15H2,1-4H3,(H,22,23). The predicted octanol–water partition coefficient (Wildman–Crippen LogP) is 1.85. The lowest BCUT2D eigenvalue weighted by molar-refractivity contribution is 0.0913. The molecule has 1 amide bonds. The second-order valence-electron chi connectivity index (χ2n) is 8.07. The molecule has 30 heavy (non-hydrogen) atoms. The lowest BCUT2D eigenvalue weighted by Gasteiger charge is -2.37. The predicted molar refractivity (Wildman–Crippen MR) is 116 cm³/mol. The fourth-order valence-electron chi connectivity index (χ4n) is 4.03. The average Bonchev–Trinajstić information content (AvgIpc) is 3.07. The largest absolute Gasteiger partial charge is 0.450 e. The van der Waals surface area contributed by atoms with Crippen LogP contribution in [0.5, 0.6) is 0 Å². The molecule has 1 aromatic rings. The normalized spacial score (nSPS) is 19.3. The van der Waals surface area contributed by atoms with Crippen molar-refractivity contribution in [3.8, 4) is 0 Å². The van der Waals surface area contributed by atoms with Gasteiger partial charge in [0, 0.05) is 39.8 Å². The van der Waals surface area contributed by atoms with Crippen molar-refractivity contribution >= 4 is 12.1 Å². The summed E-state index contributed by atoms with van der Waals surface area (Å²) in [6, 6.07) is 0. The van der Waals surface area contributed by atoms with E-state index in [-0.39, 0.29) is 6.09 Å². The van der Waals surface area contributed by atoms with Crippen molar-refractivity contribution in [3.63, 3.8) is 0 Å². The first kappa shape index (κ1) is 22.4. The Labute approximate surface area is 179 Å². The van der Waals surface area contributed by atoms with Crippen molar-refractivity contribution in [2.24, 2.45) is 10.9 Å². The van der Waals surface area contributed by atoms with Crippen molar-refractivity contribution in [2.45, 2.75) is 40.2 Å². The van der Waals surface area contributed by atoms with E-state index in [1.807, 2.05) is 27.8 Å². The number of hydrogen-bond acceptors (Lipinski definition) is 6. The van der Waals surface area contributed by atoms with Crippen molar-refractivity contribution in [3.05, 3.63) is 17.3 Å². The van der Waals surface area contributed by atoms with Gasteiger partial charge in [-0.2, -0.15) is 0 Å². The van der Waals surface area contributed by atoms with Gasteiger partial charge in [-0.05, 0) is 52.6 Å². The molecule has 2 aliphatic heterocycles. The van der Waals surface area contributed by atoms with Crippen LogP contribution < -0.4 is 5.32 Å². The number of likely N-dealkylation sites (tertiary alicyclic amines) is 1. The molecule has 0 radical (unpaired) electrons. The van der Waals surface area contributed by atoms with Gasteiger partial charge in [0.05, 0.1) is 18.8 Å². The summed E-state index contributed by atoms with van der Waals surface area (Å²) in [6.45, 7) is 12.9. The Hall–Kier alpha value is -2.29. The third-order valence-electron chi connectivity index (χ3n) is 6.00. The molecule has 2 fully saturated rings. The van der Waals surface area contributed by atoms with Gasteiger partial charge in [-0.1, -0.05) is 0 Å². The Bertz CT molecular complexity index is 699. The summed E-state index contributed by atoms with van der Waals surface area (Å²) in [4.78, 5) is 27.2. The second-order valence-corrected chi connectivity index (χ2v) is 8.07. The van der Waals surface area contributed by atoms with Crippen molar-refractivity contribution in [2.75, 3.05) is 59.5 Å². The van der Waals surface area contributed by atoms with Crippen molar-refractivity contribution in [1.29, 1.82) is 0 Å². The van der Waals surface area contributed by atoms with Gasteiger partial charge in [0.25, 0.3) is 0 Å². The van der Waals surface area contributed by atoms with E-state index in [4.69, 9.17) is 9.15 Å². The number of carbonyl (C=O) groups excluding carboxylic acids is 1. The van der Waals surface area contributed by atoms with Crippen LogP contribution in [0.2, 0.25) is 0 Å². The number of aliphatic imine (C=N–C) groups is 1. The van der Waals surface area contributed by atoms with Gasteiger partial charge in [-0.3, -0.25) is 9.89 Å². The number of ether oxygens (including phenoxy) is 1. The van der Waals surface area contributed by atoms with Crippen LogP contribution in [-0.4, -0.2) is 91.2 Å². The highest BCUT2D eigenvalue weighted by Crippen LogP contribution is 2.19. The minimum absolute atomic E-state index is 0.220. The van der Waals surface area contributed by atoms with Crippen LogP contribution in [-0.2, 0) is 11.3 Å². The summed E-state index contributed by atoms with van der Waals surface area (Å²) in [5.74, 6) is 3.29. The van der Waals surface area contributed by atoms with Gasteiger partial charge in [0.15, 0.2) is 5.96 Å². The molecule has 0 saturated carbocycles. The highest BCUT2D eigenvalue weighted by Gasteiger charge is 2.25. The Kier molecular flexibility index (Phi) is 7.95. The van der Waals surface area contributed by atoms with E-state index in [9.17, 15) is 4.79 Å². The molecule has 2 saturated heterocycles. The van der Waals surface area contributed by atoms with E-state index in [0.717, 1.165) is 75.4 Å². The molecule has 3 rings (SSSR count).